The van der Waals surface area contributed by atoms with Gasteiger partial charge in [-0.3, -0.25) is 4.90 Å². The van der Waals surface area contributed by atoms with Gasteiger partial charge in [0, 0.05) is 35.0 Å². The van der Waals surface area contributed by atoms with E-state index >= 15 is 0 Å². The number of thiophene rings is 1. The van der Waals surface area contributed by atoms with Gasteiger partial charge in [-0.2, -0.15) is 0 Å². The van der Waals surface area contributed by atoms with Crippen molar-refractivity contribution in [3.8, 4) is 11.3 Å². The van der Waals surface area contributed by atoms with E-state index in [9.17, 15) is 9.18 Å². The molecule has 5 rings (SSSR count). The van der Waals surface area contributed by atoms with Crippen molar-refractivity contribution in [1.82, 2.24) is 20.2 Å². The van der Waals surface area contributed by atoms with Gasteiger partial charge in [0.2, 0.25) is 0 Å². The lowest BCUT2D eigenvalue weighted by molar-refractivity contribution is -0.0928. The van der Waals surface area contributed by atoms with Gasteiger partial charge in [-0.15, -0.1) is 11.3 Å². The molecule has 1 N–H and O–H groups in total. The number of carbonyl (C=O) groups is 1. The zero-order valence-corrected chi connectivity index (χ0v) is 21.5. The molecular formula is C25H28ClFN4O3S. The molecule has 1 amide bonds. The molecule has 4 heterocycles. The SMILES string of the molecule is Cc1cc(Cl)cc(-c2ncnc3cc(CN4C(=O)OCC4CF)sc23)c1CC1CNCC(C)(C)O1. The van der Waals surface area contributed by atoms with E-state index in [1.54, 1.807) is 6.33 Å². The molecule has 2 unspecified atom stereocenters. The predicted octanol–water partition coefficient (Wildman–Crippen LogP) is 4.92. The lowest BCUT2D eigenvalue weighted by Crippen LogP contribution is -2.51. The molecule has 2 aromatic heterocycles. The van der Waals surface area contributed by atoms with Gasteiger partial charge in [-0.1, -0.05) is 11.6 Å². The van der Waals surface area contributed by atoms with Crippen LogP contribution in [-0.4, -0.2) is 65.1 Å². The monoisotopic (exact) mass is 518 g/mol. The van der Waals surface area contributed by atoms with Crippen LogP contribution in [0.2, 0.25) is 5.02 Å². The van der Waals surface area contributed by atoms with Crippen LogP contribution in [0.5, 0.6) is 0 Å². The summed E-state index contributed by atoms with van der Waals surface area (Å²) in [7, 11) is 0. The summed E-state index contributed by atoms with van der Waals surface area (Å²) in [5.74, 6) is 0. The number of rotatable bonds is 6. The van der Waals surface area contributed by atoms with E-state index in [0.29, 0.717) is 5.02 Å². The molecule has 186 valence electrons. The maximum atomic E-state index is 13.4. The molecule has 0 bridgehead atoms. The van der Waals surface area contributed by atoms with Crippen molar-refractivity contribution in [2.45, 2.75) is 51.5 Å². The summed E-state index contributed by atoms with van der Waals surface area (Å²) in [6, 6.07) is 5.29. The highest BCUT2D eigenvalue weighted by Crippen LogP contribution is 2.38. The Morgan fingerprint density at radius 2 is 2.14 bits per heavy atom. The van der Waals surface area contributed by atoms with E-state index in [0.717, 1.165) is 57.0 Å². The molecule has 2 aliphatic rings. The van der Waals surface area contributed by atoms with Crippen LogP contribution < -0.4 is 5.32 Å². The number of carbonyl (C=O) groups excluding carboxylic acids is 1. The van der Waals surface area contributed by atoms with Crippen LogP contribution in [0.3, 0.4) is 0 Å². The number of nitrogens with one attached hydrogen (secondary N) is 1. The molecule has 0 spiro atoms. The van der Waals surface area contributed by atoms with Gasteiger partial charge in [0.1, 0.15) is 19.6 Å². The van der Waals surface area contributed by atoms with Crippen molar-refractivity contribution in [3.05, 3.63) is 45.6 Å². The summed E-state index contributed by atoms with van der Waals surface area (Å²) >= 11 is 8.00. The lowest BCUT2D eigenvalue weighted by Gasteiger charge is -2.37. The molecule has 2 atom stereocenters. The Balaban J connectivity index is 1.52. The van der Waals surface area contributed by atoms with Crippen molar-refractivity contribution in [2.75, 3.05) is 26.4 Å². The number of alkyl halides is 1. The van der Waals surface area contributed by atoms with Crippen LogP contribution in [0, 0.1) is 6.92 Å². The number of morpholine rings is 1. The van der Waals surface area contributed by atoms with E-state index in [-0.39, 0.29) is 24.9 Å². The van der Waals surface area contributed by atoms with Gasteiger partial charge in [0.25, 0.3) is 0 Å². The molecular weight excluding hydrogens is 491 g/mol. The Morgan fingerprint density at radius 3 is 2.91 bits per heavy atom. The zero-order valence-electron chi connectivity index (χ0n) is 19.9. The van der Waals surface area contributed by atoms with E-state index < -0.39 is 18.8 Å². The van der Waals surface area contributed by atoms with Gasteiger partial charge < -0.3 is 14.8 Å². The maximum Gasteiger partial charge on any atom is 0.410 e. The standard InChI is InChI=1S/C25H28ClFN4O3S/c1-14-4-15(26)5-20(19(14)6-17-9-28-12-25(2,3)34-17)22-23-21(29-13-30-22)7-18(35-23)10-31-16(8-27)11-33-24(31)32/h4-5,7,13,16-17,28H,6,8-12H2,1-3H3. The van der Waals surface area contributed by atoms with E-state index in [1.807, 2.05) is 18.2 Å². The molecule has 1 aromatic carbocycles. The van der Waals surface area contributed by atoms with Crippen LogP contribution in [-0.2, 0) is 22.4 Å². The van der Waals surface area contributed by atoms with Crippen LogP contribution in [0.25, 0.3) is 21.5 Å². The zero-order chi connectivity index (χ0) is 24.7. The van der Waals surface area contributed by atoms with Crippen molar-refractivity contribution < 1.29 is 18.7 Å². The van der Waals surface area contributed by atoms with Crippen LogP contribution in [0.15, 0.2) is 24.5 Å². The van der Waals surface area contributed by atoms with Gasteiger partial charge >= 0.3 is 6.09 Å². The average molecular weight is 519 g/mol. The van der Waals surface area contributed by atoms with Crippen molar-refractivity contribution in [3.63, 3.8) is 0 Å². The summed E-state index contributed by atoms with van der Waals surface area (Å²) < 4.78 is 25.6. The first-order chi connectivity index (χ1) is 16.7. The number of aryl methyl sites for hydroxylation is 1. The average Bonchev–Trinajstić information content (AvgIpc) is 3.37. The maximum absolute atomic E-state index is 13.4. The minimum absolute atomic E-state index is 0.0208. The number of fused-ring (bicyclic) bond motifs is 1. The Hall–Kier alpha value is -2.33. The largest absolute Gasteiger partial charge is 0.447 e. The smallest absolute Gasteiger partial charge is 0.410 e. The van der Waals surface area contributed by atoms with Crippen LogP contribution in [0.1, 0.15) is 29.9 Å². The second kappa shape index (κ2) is 9.61. The molecule has 7 nitrogen and oxygen atoms in total. The number of benzene rings is 1. The highest BCUT2D eigenvalue weighted by molar-refractivity contribution is 7.19. The van der Waals surface area contributed by atoms with Crippen molar-refractivity contribution in [1.29, 1.82) is 0 Å². The van der Waals surface area contributed by atoms with Crippen LogP contribution in [0.4, 0.5) is 9.18 Å². The third-order valence-electron chi connectivity index (χ3n) is 6.47. The molecule has 2 fully saturated rings. The highest BCUT2D eigenvalue weighted by Gasteiger charge is 2.33. The molecule has 3 aromatic rings. The molecule has 0 aliphatic carbocycles. The fraction of sp³-hybridized carbons (Fsp3) is 0.480. The summed E-state index contributed by atoms with van der Waals surface area (Å²) in [5.41, 5.74) is 4.50. The van der Waals surface area contributed by atoms with Crippen LogP contribution >= 0.6 is 22.9 Å². The molecule has 35 heavy (non-hydrogen) atoms. The Bertz CT molecular complexity index is 1270. The number of cyclic esters (lactones) is 1. The second-order valence-electron chi connectivity index (χ2n) is 9.75. The summed E-state index contributed by atoms with van der Waals surface area (Å²) in [4.78, 5) is 23.5. The minimum Gasteiger partial charge on any atom is -0.447 e. The molecule has 2 saturated heterocycles. The summed E-state index contributed by atoms with van der Waals surface area (Å²) in [6.45, 7) is 7.53. The van der Waals surface area contributed by atoms with Gasteiger partial charge in [-0.25, -0.2) is 19.2 Å². The quantitative estimate of drug-likeness (QED) is 0.499. The topological polar surface area (TPSA) is 76.6 Å². The number of hydrogen-bond donors (Lipinski definition) is 1. The van der Waals surface area contributed by atoms with E-state index in [1.165, 1.54) is 16.2 Å². The third-order valence-corrected chi connectivity index (χ3v) is 7.81. The normalized spacial score (nSPS) is 22.1. The highest BCUT2D eigenvalue weighted by atomic mass is 35.5. The van der Waals surface area contributed by atoms with Crippen molar-refractivity contribution in [2.24, 2.45) is 0 Å². The Labute approximate surface area is 212 Å². The molecule has 10 heteroatoms. The number of aromatic nitrogens is 2. The molecule has 0 saturated carbocycles. The minimum atomic E-state index is -0.637. The van der Waals surface area contributed by atoms with Gasteiger partial charge in [-0.05, 0) is 50.1 Å². The van der Waals surface area contributed by atoms with E-state index in [4.69, 9.17) is 21.1 Å². The summed E-state index contributed by atoms with van der Waals surface area (Å²) in [6.07, 6.45) is 1.79. The molecule has 0 radical (unpaired) electrons. The number of amides is 1. The Morgan fingerprint density at radius 1 is 1.31 bits per heavy atom. The molecule has 2 aliphatic heterocycles. The third kappa shape index (κ3) is 5.00. The lowest BCUT2D eigenvalue weighted by atomic mass is 9.93. The number of hydrogen-bond acceptors (Lipinski definition) is 7. The van der Waals surface area contributed by atoms with Crippen molar-refractivity contribution >= 4 is 39.2 Å². The first-order valence-corrected chi connectivity index (χ1v) is 12.8. The predicted molar refractivity (Wildman–Crippen MR) is 135 cm³/mol. The number of halogens is 2. The van der Waals surface area contributed by atoms with Gasteiger partial charge in [0.15, 0.2) is 0 Å². The fourth-order valence-electron chi connectivity index (χ4n) is 4.82. The van der Waals surface area contributed by atoms with E-state index in [2.05, 4.69) is 36.1 Å². The second-order valence-corrected chi connectivity index (χ2v) is 11.3. The number of ether oxygens (including phenoxy) is 2. The fourth-order valence-corrected chi connectivity index (χ4v) is 6.20. The number of nitrogens with zero attached hydrogens (tertiary/aromatic N) is 3. The summed E-state index contributed by atoms with van der Waals surface area (Å²) in [5, 5.41) is 4.11. The first-order valence-electron chi connectivity index (χ1n) is 11.6. The Kier molecular flexibility index (Phi) is 6.69. The first kappa shape index (κ1) is 24.4. The van der Waals surface area contributed by atoms with Gasteiger partial charge in [0.05, 0.1) is 40.2 Å².